The van der Waals surface area contributed by atoms with E-state index in [1.54, 1.807) is 0 Å². The first-order chi connectivity index (χ1) is 7.46. The van der Waals surface area contributed by atoms with Crippen LogP contribution in [0.15, 0.2) is 12.1 Å². The van der Waals surface area contributed by atoms with Crippen LogP contribution >= 0.6 is 11.6 Å². The highest BCUT2D eigenvalue weighted by Gasteiger charge is 2.20. The quantitative estimate of drug-likeness (QED) is 0.744. The van der Waals surface area contributed by atoms with Crippen LogP contribution in [0.5, 0.6) is 5.75 Å². The van der Waals surface area contributed by atoms with Gasteiger partial charge in [0.2, 0.25) is 0 Å². The van der Waals surface area contributed by atoms with Crippen molar-refractivity contribution in [2.24, 2.45) is 5.41 Å². The van der Waals surface area contributed by atoms with E-state index in [2.05, 4.69) is 20.8 Å². The molecule has 1 aliphatic rings. The van der Waals surface area contributed by atoms with Crippen molar-refractivity contribution in [3.05, 3.63) is 28.3 Å². The molecule has 16 heavy (non-hydrogen) atoms. The molecule has 0 spiro atoms. The van der Waals surface area contributed by atoms with Crippen LogP contribution in [0.2, 0.25) is 5.02 Å². The Balaban J connectivity index is 2.39. The highest BCUT2D eigenvalue weighted by atomic mass is 35.5. The molecule has 0 amide bonds. The maximum Gasteiger partial charge on any atom is 0.189 e. The van der Waals surface area contributed by atoms with E-state index in [4.69, 9.17) is 21.1 Å². The van der Waals surface area contributed by atoms with Gasteiger partial charge in [-0.25, -0.2) is 0 Å². The summed E-state index contributed by atoms with van der Waals surface area (Å²) in [5, 5.41) is 0.757. The van der Waals surface area contributed by atoms with Gasteiger partial charge in [0.1, 0.15) is 5.75 Å². The summed E-state index contributed by atoms with van der Waals surface area (Å²) in [5.74, 6) is 0.963. The fourth-order valence-electron chi connectivity index (χ4n) is 1.96. The van der Waals surface area contributed by atoms with Crippen LogP contribution in [0.4, 0.5) is 0 Å². The molecule has 1 aromatic rings. The molecular weight excluding hydrogens is 224 g/mol. The Morgan fingerprint density at radius 2 is 2.06 bits per heavy atom. The van der Waals surface area contributed by atoms with Gasteiger partial charge >= 0.3 is 0 Å². The molecule has 1 aromatic carbocycles. The fraction of sp³-hybridized carbons (Fsp3) is 0.538. The summed E-state index contributed by atoms with van der Waals surface area (Å²) in [5.41, 5.74) is 2.46. The SMILES string of the molecule is CC(C)(C)Cc1cc(Cl)cc2c1OCOC2. The molecule has 0 saturated heterocycles. The Hall–Kier alpha value is -0.730. The predicted octanol–water partition coefficient (Wildman–Crippen LogP) is 3.80. The maximum absolute atomic E-state index is 6.10. The second kappa shape index (κ2) is 4.27. The standard InChI is InChI=1S/C13H17ClO2/c1-13(2,3)6-9-4-11(14)5-10-7-15-8-16-12(9)10/h4-5H,6-8H2,1-3H3. The van der Waals surface area contributed by atoms with E-state index in [9.17, 15) is 0 Å². The van der Waals surface area contributed by atoms with Crippen molar-refractivity contribution < 1.29 is 9.47 Å². The first-order valence-electron chi connectivity index (χ1n) is 5.47. The first kappa shape index (κ1) is 11.7. The summed E-state index contributed by atoms with van der Waals surface area (Å²) in [6, 6.07) is 3.92. The second-order valence-electron chi connectivity index (χ2n) is 5.40. The van der Waals surface area contributed by atoms with Crippen molar-refractivity contribution in [3.8, 4) is 5.75 Å². The van der Waals surface area contributed by atoms with E-state index in [1.165, 1.54) is 5.56 Å². The van der Waals surface area contributed by atoms with E-state index in [0.717, 1.165) is 22.8 Å². The molecule has 1 heterocycles. The topological polar surface area (TPSA) is 18.5 Å². The van der Waals surface area contributed by atoms with Gasteiger partial charge in [-0.1, -0.05) is 32.4 Å². The zero-order chi connectivity index (χ0) is 11.8. The van der Waals surface area contributed by atoms with Crippen LogP contribution in [-0.2, 0) is 17.8 Å². The maximum atomic E-state index is 6.10. The van der Waals surface area contributed by atoms with E-state index in [1.807, 2.05) is 12.1 Å². The van der Waals surface area contributed by atoms with Gasteiger partial charge in [-0.2, -0.15) is 0 Å². The average molecular weight is 241 g/mol. The summed E-state index contributed by atoms with van der Waals surface area (Å²) in [4.78, 5) is 0. The van der Waals surface area contributed by atoms with Crippen molar-refractivity contribution in [2.75, 3.05) is 6.79 Å². The summed E-state index contributed by atoms with van der Waals surface area (Å²) in [7, 11) is 0. The van der Waals surface area contributed by atoms with Gasteiger partial charge in [0.05, 0.1) is 6.61 Å². The van der Waals surface area contributed by atoms with Gasteiger partial charge in [0, 0.05) is 10.6 Å². The van der Waals surface area contributed by atoms with Crippen molar-refractivity contribution >= 4 is 11.6 Å². The third-order valence-electron chi connectivity index (χ3n) is 2.47. The van der Waals surface area contributed by atoms with Crippen molar-refractivity contribution in [1.29, 1.82) is 0 Å². The van der Waals surface area contributed by atoms with Crippen LogP contribution in [0.25, 0.3) is 0 Å². The summed E-state index contributed by atoms with van der Waals surface area (Å²) in [6.07, 6.45) is 0.954. The number of ether oxygens (including phenoxy) is 2. The minimum absolute atomic E-state index is 0.222. The van der Waals surface area contributed by atoms with Crippen molar-refractivity contribution in [3.63, 3.8) is 0 Å². The van der Waals surface area contributed by atoms with Crippen LogP contribution in [0.1, 0.15) is 31.9 Å². The van der Waals surface area contributed by atoms with Crippen LogP contribution in [0, 0.1) is 5.41 Å². The molecule has 2 nitrogen and oxygen atoms in total. The number of rotatable bonds is 1. The highest BCUT2D eigenvalue weighted by Crippen LogP contribution is 2.35. The fourth-order valence-corrected chi connectivity index (χ4v) is 2.22. The zero-order valence-corrected chi connectivity index (χ0v) is 10.7. The molecule has 88 valence electrons. The Bertz CT molecular complexity index is 394. The largest absolute Gasteiger partial charge is 0.467 e. The molecule has 0 radical (unpaired) electrons. The van der Waals surface area contributed by atoms with Crippen LogP contribution in [0.3, 0.4) is 0 Å². The Morgan fingerprint density at radius 3 is 2.75 bits per heavy atom. The smallest absolute Gasteiger partial charge is 0.189 e. The summed E-state index contributed by atoms with van der Waals surface area (Å²) < 4.78 is 10.8. The third-order valence-corrected chi connectivity index (χ3v) is 2.69. The molecule has 0 bridgehead atoms. The minimum atomic E-state index is 0.222. The molecule has 0 aliphatic carbocycles. The van der Waals surface area contributed by atoms with Crippen LogP contribution < -0.4 is 4.74 Å². The summed E-state index contributed by atoms with van der Waals surface area (Å²) >= 11 is 6.10. The average Bonchev–Trinajstić information content (AvgIpc) is 2.14. The highest BCUT2D eigenvalue weighted by molar-refractivity contribution is 6.30. The molecule has 1 aliphatic heterocycles. The van der Waals surface area contributed by atoms with Gasteiger partial charge in [-0.3, -0.25) is 0 Å². The number of halogens is 1. The lowest BCUT2D eigenvalue weighted by molar-refractivity contribution is -0.0172. The third kappa shape index (κ3) is 2.69. The number of benzene rings is 1. The second-order valence-corrected chi connectivity index (χ2v) is 5.84. The minimum Gasteiger partial charge on any atom is -0.467 e. The molecule has 0 saturated carbocycles. The van der Waals surface area contributed by atoms with E-state index < -0.39 is 0 Å². The predicted molar refractivity (Wildman–Crippen MR) is 64.9 cm³/mol. The lowest BCUT2D eigenvalue weighted by Gasteiger charge is -2.25. The molecular formula is C13H17ClO2. The Kier molecular flexibility index (Phi) is 3.13. The van der Waals surface area contributed by atoms with Crippen LogP contribution in [-0.4, -0.2) is 6.79 Å². The molecule has 0 fully saturated rings. The van der Waals surface area contributed by atoms with Gasteiger partial charge < -0.3 is 9.47 Å². The lowest BCUT2D eigenvalue weighted by atomic mass is 9.87. The Morgan fingerprint density at radius 1 is 1.31 bits per heavy atom. The van der Waals surface area contributed by atoms with Gasteiger partial charge in [0.15, 0.2) is 6.79 Å². The molecule has 0 N–H and O–H groups in total. The number of hydrogen-bond acceptors (Lipinski definition) is 2. The Labute approximate surface area is 102 Å². The van der Waals surface area contributed by atoms with E-state index in [0.29, 0.717) is 13.4 Å². The van der Waals surface area contributed by atoms with Gasteiger partial charge in [0.25, 0.3) is 0 Å². The lowest BCUT2D eigenvalue weighted by Crippen LogP contribution is -2.16. The van der Waals surface area contributed by atoms with Crippen molar-refractivity contribution in [2.45, 2.75) is 33.8 Å². The molecule has 2 rings (SSSR count). The number of fused-ring (bicyclic) bond motifs is 1. The van der Waals surface area contributed by atoms with E-state index >= 15 is 0 Å². The zero-order valence-electron chi connectivity index (χ0n) is 9.97. The molecule has 3 heteroatoms. The molecule has 0 atom stereocenters. The first-order valence-corrected chi connectivity index (χ1v) is 5.85. The summed E-state index contributed by atoms with van der Waals surface area (Å²) in [6.45, 7) is 7.55. The van der Waals surface area contributed by atoms with Gasteiger partial charge in [-0.05, 0) is 29.5 Å². The number of hydrogen-bond donors (Lipinski definition) is 0. The molecule has 0 aromatic heterocycles. The normalized spacial score (nSPS) is 15.5. The van der Waals surface area contributed by atoms with Crippen molar-refractivity contribution in [1.82, 2.24) is 0 Å². The van der Waals surface area contributed by atoms with Gasteiger partial charge in [-0.15, -0.1) is 0 Å². The monoisotopic (exact) mass is 240 g/mol. The molecule has 0 unspecified atom stereocenters. The van der Waals surface area contributed by atoms with E-state index in [-0.39, 0.29) is 5.41 Å².